The summed E-state index contributed by atoms with van der Waals surface area (Å²) >= 11 is 11.9. The van der Waals surface area contributed by atoms with E-state index in [1.807, 2.05) is 19.1 Å². The molecule has 1 amide bonds. The van der Waals surface area contributed by atoms with Crippen molar-refractivity contribution in [1.29, 1.82) is 0 Å². The van der Waals surface area contributed by atoms with Crippen LogP contribution in [-0.2, 0) is 4.79 Å². The van der Waals surface area contributed by atoms with Gasteiger partial charge in [0.1, 0.15) is 0 Å². The summed E-state index contributed by atoms with van der Waals surface area (Å²) in [6.45, 7) is 2.12. The van der Waals surface area contributed by atoms with Crippen molar-refractivity contribution in [3.63, 3.8) is 0 Å². The fraction of sp³-hybridized carbons (Fsp3) is 0.533. The molecule has 3 atom stereocenters. The molecule has 0 aromatic heterocycles. The van der Waals surface area contributed by atoms with Crippen LogP contribution in [0.25, 0.3) is 0 Å². The van der Waals surface area contributed by atoms with Crippen LogP contribution in [-0.4, -0.2) is 23.7 Å². The zero-order chi connectivity index (χ0) is 14.7. The summed E-state index contributed by atoms with van der Waals surface area (Å²) in [6.07, 6.45) is 2.37. The molecule has 0 saturated heterocycles. The van der Waals surface area contributed by atoms with Gasteiger partial charge >= 0.3 is 0 Å². The molecule has 0 heterocycles. The number of aliphatic hydroxyl groups excluding tert-OH is 1. The van der Waals surface area contributed by atoms with Crippen molar-refractivity contribution in [3.05, 3.63) is 33.8 Å². The van der Waals surface area contributed by atoms with E-state index in [1.54, 1.807) is 6.07 Å². The van der Waals surface area contributed by atoms with Crippen molar-refractivity contribution in [1.82, 2.24) is 5.32 Å². The van der Waals surface area contributed by atoms with Crippen LogP contribution in [0.15, 0.2) is 18.2 Å². The lowest BCUT2D eigenvalue weighted by molar-refractivity contribution is -0.123. The van der Waals surface area contributed by atoms with Gasteiger partial charge in [-0.05, 0) is 49.8 Å². The van der Waals surface area contributed by atoms with Gasteiger partial charge in [-0.2, -0.15) is 0 Å². The van der Waals surface area contributed by atoms with Gasteiger partial charge in [0, 0.05) is 18.6 Å². The van der Waals surface area contributed by atoms with Gasteiger partial charge in [0.15, 0.2) is 0 Å². The Balaban J connectivity index is 1.87. The van der Waals surface area contributed by atoms with Crippen molar-refractivity contribution >= 4 is 29.1 Å². The van der Waals surface area contributed by atoms with Gasteiger partial charge in [0.05, 0.1) is 10.0 Å². The summed E-state index contributed by atoms with van der Waals surface area (Å²) in [5.74, 6) is 0.366. The van der Waals surface area contributed by atoms with E-state index >= 15 is 0 Å². The predicted octanol–water partition coefficient (Wildman–Crippen LogP) is 3.37. The molecule has 1 aromatic rings. The van der Waals surface area contributed by atoms with Gasteiger partial charge in [-0.25, -0.2) is 0 Å². The number of hydrogen-bond acceptors (Lipinski definition) is 2. The highest BCUT2D eigenvalue weighted by Crippen LogP contribution is 2.48. The molecule has 1 aromatic carbocycles. The van der Waals surface area contributed by atoms with Gasteiger partial charge in [-0.3, -0.25) is 4.79 Å². The van der Waals surface area contributed by atoms with Crippen molar-refractivity contribution in [2.75, 3.05) is 6.61 Å². The van der Waals surface area contributed by atoms with E-state index < -0.39 is 0 Å². The molecular weight excluding hydrogens is 297 g/mol. The second kappa shape index (κ2) is 6.79. The fourth-order valence-electron chi connectivity index (χ4n) is 2.42. The molecule has 20 heavy (non-hydrogen) atoms. The summed E-state index contributed by atoms with van der Waals surface area (Å²) in [5.41, 5.74) is 1.07. The molecule has 2 rings (SSSR count). The molecular formula is C15H19Cl2NO2. The largest absolute Gasteiger partial charge is 0.396 e. The molecule has 0 bridgehead atoms. The molecule has 2 N–H and O–H groups in total. The summed E-state index contributed by atoms with van der Waals surface area (Å²) < 4.78 is 0. The minimum atomic E-state index is 0.0313. The first-order valence-electron chi connectivity index (χ1n) is 6.89. The van der Waals surface area contributed by atoms with Crippen LogP contribution in [0.1, 0.15) is 37.7 Å². The third kappa shape index (κ3) is 3.87. The molecule has 0 aliphatic heterocycles. The maximum Gasteiger partial charge on any atom is 0.223 e. The maximum atomic E-state index is 12.1. The molecule has 110 valence electrons. The number of amides is 1. The van der Waals surface area contributed by atoms with E-state index in [2.05, 4.69) is 5.32 Å². The van der Waals surface area contributed by atoms with Crippen LogP contribution < -0.4 is 5.32 Å². The SMILES string of the molecule is CC(CCCO)NC(=O)C1CC1c1ccc(Cl)c(Cl)c1. The zero-order valence-electron chi connectivity index (χ0n) is 11.4. The Labute approximate surface area is 129 Å². The monoisotopic (exact) mass is 315 g/mol. The first-order valence-corrected chi connectivity index (χ1v) is 7.64. The number of benzene rings is 1. The second-order valence-corrected chi connectivity index (χ2v) is 6.21. The van der Waals surface area contributed by atoms with Crippen LogP contribution in [0.4, 0.5) is 0 Å². The highest BCUT2D eigenvalue weighted by molar-refractivity contribution is 6.42. The van der Waals surface area contributed by atoms with Crippen LogP contribution >= 0.6 is 23.2 Å². The molecule has 1 aliphatic rings. The van der Waals surface area contributed by atoms with Gasteiger partial charge in [-0.1, -0.05) is 29.3 Å². The Morgan fingerprint density at radius 2 is 2.20 bits per heavy atom. The lowest BCUT2D eigenvalue weighted by Crippen LogP contribution is -2.34. The van der Waals surface area contributed by atoms with E-state index in [0.29, 0.717) is 16.5 Å². The summed E-state index contributed by atoms with van der Waals surface area (Å²) in [4.78, 5) is 12.1. The van der Waals surface area contributed by atoms with E-state index in [1.165, 1.54) is 0 Å². The summed E-state index contributed by atoms with van der Waals surface area (Å²) in [5, 5.41) is 12.8. The van der Waals surface area contributed by atoms with Gasteiger partial charge in [0.2, 0.25) is 5.91 Å². The Hall–Kier alpha value is -0.770. The topological polar surface area (TPSA) is 49.3 Å². The minimum Gasteiger partial charge on any atom is -0.396 e. The normalized spacial score (nSPS) is 22.4. The third-order valence-electron chi connectivity index (χ3n) is 3.68. The third-order valence-corrected chi connectivity index (χ3v) is 4.42. The van der Waals surface area contributed by atoms with E-state index in [-0.39, 0.29) is 30.4 Å². The molecule has 3 nitrogen and oxygen atoms in total. The average Bonchev–Trinajstić information content (AvgIpc) is 3.20. The van der Waals surface area contributed by atoms with Crippen LogP contribution in [0.2, 0.25) is 10.0 Å². The zero-order valence-corrected chi connectivity index (χ0v) is 12.9. The number of rotatable bonds is 6. The van der Waals surface area contributed by atoms with Crippen molar-refractivity contribution in [3.8, 4) is 0 Å². The second-order valence-electron chi connectivity index (χ2n) is 5.40. The summed E-state index contributed by atoms with van der Waals surface area (Å²) in [6, 6.07) is 5.65. The van der Waals surface area contributed by atoms with E-state index in [4.69, 9.17) is 28.3 Å². The Morgan fingerprint density at radius 1 is 1.45 bits per heavy atom. The Bertz CT molecular complexity index is 493. The first-order chi connectivity index (χ1) is 9.52. The van der Waals surface area contributed by atoms with Crippen molar-refractivity contribution < 1.29 is 9.90 Å². The van der Waals surface area contributed by atoms with E-state index in [9.17, 15) is 4.79 Å². The maximum absolute atomic E-state index is 12.1. The minimum absolute atomic E-state index is 0.0313. The Kier molecular flexibility index (Phi) is 5.30. The molecule has 1 aliphatic carbocycles. The van der Waals surface area contributed by atoms with Gasteiger partial charge < -0.3 is 10.4 Å². The van der Waals surface area contributed by atoms with Crippen molar-refractivity contribution in [2.24, 2.45) is 5.92 Å². The van der Waals surface area contributed by atoms with Crippen LogP contribution in [0.5, 0.6) is 0 Å². The molecule has 3 unspecified atom stereocenters. The molecule has 5 heteroatoms. The standard InChI is InChI=1S/C15H19Cl2NO2/c1-9(3-2-6-19)18-15(20)12-8-11(12)10-4-5-13(16)14(17)7-10/h4-5,7,9,11-12,19H,2-3,6,8H2,1H3,(H,18,20). The van der Waals surface area contributed by atoms with Crippen LogP contribution in [0.3, 0.4) is 0 Å². The molecule has 1 saturated carbocycles. The Morgan fingerprint density at radius 3 is 2.85 bits per heavy atom. The highest BCUT2D eigenvalue weighted by Gasteiger charge is 2.44. The molecule has 0 radical (unpaired) electrons. The number of halogens is 2. The average molecular weight is 316 g/mol. The van der Waals surface area contributed by atoms with Crippen molar-refractivity contribution in [2.45, 2.75) is 38.1 Å². The highest BCUT2D eigenvalue weighted by atomic mass is 35.5. The molecule has 1 fully saturated rings. The molecule has 0 spiro atoms. The number of hydrogen-bond donors (Lipinski definition) is 2. The van der Waals surface area contributed by atoms with Gasteiger partial charge in [0.25, 0.3) is 0 Å². The lowest BCUT2D eigenvalue weighted by Gasteiger charge is -2.13. The fourth-order valence-corrected chi connectivity index (χ4v) is 2.72. The van der Waals surface area contributed by atoms with Crippen LogP contribution in [0, 0.1) is 5.92 Å². The van der Waals surface area contributed by atoms with E-state index in [0.717, 1.165) is 18.4 Å². The summed E-state index contributed by atoms with van der Waals surface area (Å²) in [7, 11) is 0. The number of aliphatic hydroxyl groups is 1. The smallest absolute Gasteiger partial charge is 0.223 e. The number of carbonyl (C=O) groups excluding carboxylic acids is 1. The quantitative estimate of drug-likeness (QED) is 0.845. The number of carbonyl (C=O) groups is 1. The number of nitrogens with one attached hydrogen (secondary N) is 1. The lowest BCUT2D eigenvalue weighted by atomic mass is 10.1. The van der Waals surface area contributed by atoms with Gasteiger partial charge in [-0.15, -0.1) is 0 Å². The predicted molar refractivity (Wildman–Crippen MR) is 81.2 cm³/mol. The first kappa shape index (κ1) is 15.6.